The van der Waals surface area contributed by atoms with Crippen LogP contribution in [0.2, 0.25) is 0 Å². The van der Waals surface area contributed by atoms with E-state index in [0.29, 0.717) is 12.0 Å². The first-order valence-corrected chi connectivity index (χ1v) is 3.62. The Morgan fingerprint density at radius 2 is 2.25 bits per heavy atom. The Morgan fingerprint density at radius 3 is 3.08 bits per heavy atom. The van der Waals surface area contributed by atoms with E-state index >= 15 is 0 Å². The summed E-state index contributed by atoms with van der Waals surface area (Å²) in [6, 6.07) is 4.12. The summed E-state index contributed by atoms with van der Waals surface area (Å²) < 4.78 is 12.7. The molecule has 60 valence electrons. The molecule has 0 saturated heterocycles. The van der Waals surface area contributed by atoms with Crippen molar-refractivity contribution in [3.63, 3.8) is 0 Å². The normalized spacial score (nSPS) is 14.6. The van der Waals surface area contributed by atoms with Gasteiger partial charge in [0, 0.05) is 18.2 Å². The molecule has 1 heterocycles. The summed E-state index contributed by atoms with van der Waals surface area (Å²) in [7, 11) is 0. The number of benzene rings is 1. The van der Waals surface area contributed by atoms with Gasteiger partial charge in [-0.1, -0.05) is 0 Å². The maximum Gasteiger partial charge on any atom is 0.276 e. The number of hydrogen-bond acceptors (Lipinski definition) is 1. The van der Waals surface area contributed by atoms with Gasteiger partial charge in [-0.3, -0.25) is 4.79 Å². The monoisotopic (exact) mass is 163 g/mol. The topological polar surface area (TPSA) is 29.4 Å². The molecule has 0 aliphatic carbocycles. The van der Waals surface area contributed by atoms with Gasteiger partial charge < -0.3 is 0 Å². The molecule has 0 atom stereocenters. The number of nitrogens with zero attached hydrogens (tertiary/aromatic N) is 1. The van der Waals surface area contributed by atoms with Gasteiger partial charge in [0.05, 0.1) is 0 Å². The van der Waals surface area contributed by atoms with Crippen LogP contribution in [0.25, 0.3) is 0 Å². The van der Waals surface area contributed by atoms with Crippen LogP contribution in [0.3, 0.4) is 0 Å². The van der Waals surface area contributed by atoms with Crippen molar-refractivity contribution in [3.8, 4) is 0 Å². The fourth-order valence-corrected chi connectivity index (χ4v) is 1.24. The summed E-state index contributed by atoms with van der Waals surface area (Å²) in [5, 5.41) is 0. The first-order valence-electron chi connectivity index (χ1n) is 3.62. The molecule has 1 aliphatic rings. The average Bonchev–Trinajstić information content (AvgIpc) is 2.04. The van der Waals surface area contributed by atoms with Crippen molar-refractivity contribution in [2.45, 2.75) is 6.42 Å². The maximum atomic E-state index is 12.7. The fourth-order valence-electron chi connectivity index (χ4n) is 1.24. The molecule has 1 aliphatic heterocycles. The number of fused-ring (bicyclic) bond motifs is 1. The molecule has 1 aromatic rings. The van der Waals surface area contributed by atoms with Gasteiger partial charge in [0.2, 0.25) is 0 Å². The van der Waals surface area contributed by atoms with Gasteiger partial charge in [-0.2, -0.15) is 0 Å². The summed E-state index contributed by atoms with van der Waals surface area (Å²) >= 11 is 0. The molecule has 12 heavy (non-hydrogen) atoms. The van der Waals surface area contributed by atoms with Gasteiger partial charge in [0.15, 0.2) is 0 Å². The number of rotatable bonds is 0. The third-order valence-electron chi connectivity index (χ3n) is 1.82. The summed E-state index contributed by atoms with van der Waals surface area (Å²) in [5.74, 6) is -0.590. The number of carbonyl (C=O) groups excluding carboxylic acids is 1. The van der Waals surface area contributed by atoms with Gasteiger partial charge >= 0.3 is 0 Å². The lowest BCUT2D eigenvalue weighted by atomic mass is 10.0. The molecule has 2 rings (SSSR count). The van der Waals surface area contributed by atoms with Crippen LogP contribution in [0.1, 0.15) is 15.9 Å². The molecule has 2 nitrogen and oxygen atoms in total. The second-order valence-corrected chi connectivity index (χ2v) is 2.62. The predicted molar refractivity (Wildman–Crippen MR) is 42.9 cm³/mol. The second kappa shape index (κ2) is 2.52. The van der Waals surface area contributed by atoms with Gasteiger partial charge in [-0.25, -0.2) is 9.38 Å². The van der Waals surface area contributed by atoms with Crippen molar-refractivity contribution in [2.24, 2.45) is 4.99 Å². The molecule has 0 aromatic heterocycles. The summed E-state index contributed by atoms with van der Waals surface area (Å²) in [6.45, 7) is 0. The van der Waals surface area contributed by atoms with Crippen LogP contribution in [0.15, 0.2) is 23.2 Å². The number of hydrogen-bond donors (Lipinski definition) is 0. The van der Waals surface area contributed by atoms with Crippen molar-refractivity contribution < 1.29 is 9.18 Å². The number of halogens is 1. The third kappa shape index (κ3) is 1.03. The highest BCUT2D eigenvalue weighted by atomic mass is 19.1. The zero-order chi connectivity index (χ0) is 8.55. The Labute approximate surface area is 68.7 Å². The van der Waals surface area contributed by atoms with Gasteiger partial charge in [-0.05, 0) is 23.8 Å². The van der Waals surface area contributed by atoms with E-state index < -0.39 is 0 Å². The van der Waals surface area contributed by atoms with Crippen LogP contribution in [0.4, 0.5) is 4.39 Å². The number of amides is 1. The minimum atomic E-state index is -0.308. The second-order valence-electron chi connectivity index (χ2n) is 2.62. The minimum absolute atomic E-state index is 0.281. The van der Waals surface area contributed by atoms with Crippen LogP contribution >= 0.6 is 0 Å². The van der Waals surface area contributed by atoms with Gasteiger partial charge in [0.1, 0.15) is 5.82 Å². The Hall–Kier alpha value is -1.51. The van der Waals surface area contributed by atoms with Crippen LogP contribution in [0, 0.1) is 5.82 Å². The van der Waals surface area contributed by atoms with Crippen molar-refractivity contribution in [1.82, 2.24) is 0 Å². The molecule has 0 radical (unpaired) electrons. The highest BCUT2D eigenvalue weighted by molar-refractivity contribution is 6.03. The van der Waals surface area contributed by atoms with Crippen LogP contribution in [0.5, 0.6) is 0 Å². The average molecular weight is 163 g/mol. The van der Waals surface area contributed by atoms with E-state index in [1.54, 1.807) is 0 Å². The third-order valence-corrected chi connectivity index (χ3v) is 1.82. The van der Waals surface area contributed by atoms with E-state index in [4.69, 9.17) is 0 Å². The van der Waals surface area contributed by atoms with Crippen LogP contribution in [-0.4, -0.2) is 12.1 Å². The molecular weight excluding hydrogens is 157 g/mol. The Morgan fingerprint density at radius 1 is 1.42 bits per heavy atom. The highest BCUT2D eigenvalue weighted by Crippen LogP contribution is 2.15. The molecule has 0 N–H and O–H groups in total. The Bertz CT molecular complexity index is 371. The van der Waals surface area contributed by atoms with E-state index in [0.717, 1.165) is 5.56 Å². The van der Waals surface area contributed by atoms with E-state index in [9.17, 15) is 9.18 Å². The molecule has 0 saturated carbocycles. The molecule has 1 aromatic carbocycles. The molecular formula is C9H6FNO. The lowest BCUT2D eigenvalue weighted by Gasteiger charge is -2.07. The highest BCUT2D eigenvalue weighted by Gasteiger charge is 2.13. The Kier molecular flexibility index (Phi) is 1.50. The zero-order valence-corrected chi connectivity index (χ0v) is 6.25. The van der Waals surface area contributed by atoms with Crippen molar-refractivity contribution in [2.75, 3.05) is 0 Å². The van der Waals surface area contributed by atoms with E-state index in [-0.39, 0.29) is 11.7 Å². The Balaban J connectivity index is 2.58. The quantitative estimate of drug-likeness (QED) is 0.571. The zero-order valence-electron chi connectivity index (χ0n) is 6.25. The van der Waals surface area contributed by atoms with Crippen LogP contribution in [-0.2, 0) is 6.42 Å². The smallest absolute Gasteiger partial charge is 0.267 e. The van der Waals surface area contributed by atoms with E-state index in [1.165, 1.54) is 24.4 Å². The minimum Gasteiger partial charge on any atom is -0.267 e. The molecule has 3 heteroatoms. The lowest BCUT2D eigenvalue weighted by Crippen LogP contribution is -2.08. The molecule has 0 bridgehead atoms. The summed E-state index contributed by atoms with van der Waals surface area (Å²) in [5.41, 5.74) is 1.23. The largest absolute Gasteiger partial charge is 0.276 e. The molecule has 1 amide bonds. The van der Waals surface area contributed by atoms with Gasteiger partial charge in [0.25, 0.3) is 5.91 Å². The van der Waals surface area contributed by atoms with Crippen LogP contribution < -0.4 is 0 Å². The van der Waals surface area contributed by atoms with Crippen molar-refractivity contribution in [1.29, 1.82) is 0 Å². The standard InChI is InChI=1S/C9H6FNO/c10-7-1-2-8-6(5-7)3-4-11-9(8)12/h1-2,4-5H,3H2. The SMILES string of the molecule is O=C1N=CCc2cc(F)ccc21. The first kappa shape index (κ1) is 7.16. The summed E-state index contributed by atoms with van der Waals surface area (Å²) in [4.78, 5) is 14.7. The number of carbonyl (C=O) groups is 1. The van der Waals surface area contributed by atoms with Crippen molar-refractivity contribution in [3.05, 3.63) is 35.1 Å². The molecule has 0 unspecified atom stereocenters. The van der Waals surface area contributed by atoms with Crippen molar-refractivity contribution >= 4 is 12.1 Å². The number of aliphatic imine (C=N–C) groups is 1. The fraction of sp³-hybridized carbons (Fsp3) is 0.111. The first-order chi connectivity index (χ1) is 5.77. The molecule has 0 fully saturated rings. The van der Waals surface area contributed by atoms with E-state index in [2.05, 4.69) is 4.99 Å². The van der Waals surface area contributed by atoms with E-state index in [1.807, 2.05) is 0 Å². The molecule has 0 spiro atoms. The lowest BCUT2D eigenvalue weighted by molar-refractivity contribution is 0.100. The maximum absolute atomic E-state index is 12.7. The predicted octanol–water partition coefficient (Wildman–Crippen LogP) is 1.59. The summed E-state index contributed by atoms with van der Waals surface area (Å²) in [6.07, 6.45) is 2.04. The van der Waals surface area contributed by atoms with Gasteiger partial charge in [-0.15, -0.1) is 0 Å².